The van der Waals surface area contributed by atoms with Crippen molar-refractivity contribution in [3.63, 3.8) is 0 Å². The van der Waals surface area contributed by atoms with Gasteiger partial charge >= 0.3 is 0 Å². The molecule has 0 saturated carbocycles. The number of carbonyl (C=O) groups excluding carboxylic acids is 1. The van der Waals surface area contributed by atoms with Crippen molar-refractivity contribution >= 4 is 28.6 Å². The van der Waals surface area contributed by atoms with Crippen LogP contribution in [0.15, 0.2) is 31.1 Å². The average Bonchev–Trinajstić information content (AvgIpc) is 3.04. The van der Waals surface area contributed by atoms with Gasteiger partial charge in [-0.3, -0.25) is 14.5 Å². The summed E-state index contributed by atoms with van der Waals surface area (Å²) in [6.45, 7) is 1.46. The van der Waals surface area contributed by atoms with Crippen LogP contribution in [-0.4, -0.2) is 48.7 Å². The summed E-state index contributed by atoms with van der Waals surface area (Å²) in [6, 6.07) is 0. The monoisotopic (exact) mass is 338 g/mol. The molecule has 3 aromatic heterocycles. The number of aryl methyl sites for hydroxylation is 1. The van der Waals surface area contributed by atoms with Gasteiger partial charge in [0.25, 0.3) is 0 Å². The molecule has 0 unspecified atom stereocenters. The van der Waals surface area contributed by atoms with Gasteiger partial charge in [0.1, 0.15) is 12.1 Å². The number of carbonyl (C=O) groups is 1. The van der Waals surface area contributed by atoms with Gasteiger partial charge in [0.05, 0.1) is 23.7 Å². The third-order valence-electron chi connectivity index (χ3n) is 4.41. The molecule has 1 amide bonds. The zero-order valence-electron chi connectivity index (χ0n) is 13.8. The summed E-state index contributed by atoms with van der Waals surface area (Å²) < 4.78 is 1.72. The minimum atomic E-state index is -0.127. The quantitative estimate of drug-likeness (QED) is 0.760. The van der Waals surface area contributed by atoms with E-state index in [1.165, 1.54) is 0 Å². The summed E-state index contributed by atoms with van der Waals surface area (Å²) in [4.78, 5) is 31.5. The standard InChI is InChI=1S/C16H18N8O/c1-23-14-12(7-21-23)15(20-10-19-14)24-6-2-3-11(9-24)16(25)22-13-8-17-4-5-18-13/h4-5,7-8,10-11H,2-3,6,9H2,1H3,(H,18,22,25)/t11-/m1/s1. The zero-order valence-corrected chi connectivity index (χ0v) is 13.8. The van der Waals surface area contributed by atoms with E-state index in [0.29, 0.717) is 12.4 Å². The summed E-state index contributed by atoms with van der Waals surface area (Å²) in [6.07, 6.45) is 9.75. The van der Waals surface area contributed by atoms with E-state index in [-0.39, 0.29) is 11.8 Å². The van der Waals surface area contributed by atoms with Gasteiger partial charge in [-0.1, -0.05) is 0 Å². The number of nitrogens with one attached hydrogen (secondary N) is 1. The predicted molar refractivity (Wildman–Crippen MR) is 91.9 cm³/mol. The van der Waals surface area contributed by atoms with Gasteiger partial charge in [0, 0.05) is 32.5 Å². The van der Waals surface area contributed by atoms with Crippen molar-refractivity contribution in [1.29, 1.82) is 0 Å². The molecule has 0 aromatic carbocycles. The average molecular weight is 338 g/mol. The van der Waals surface area contributed by atoms with E-state index in [9.17, 15) is 4.79 Å². The van der Waals surface area contributed by atoms with Crippen molar-refractivity contribution in [3.8, 4) is 0 Å². The number of piperidine rings is 1. The second kappa shape index (κ2) is 6.42. The molecule has 1 fully saturated rings. The Bertz CT molecular complexity index is 894. The third kappa shape index (κ3) is 3.00. The Morgan fingerprint density at radius 3 is 3.00 bits per heavy atom. The Hall–Kier alpha value is -3.10. The van der Waals surface area contributed by atoms with Crippen molar-refractivity contribution in [3.05, 3.63) is 31.1 Å². The smallest absolute Gasteiger partial charge is 0.230 e. The third-order valence-corrected chi connectivity index (χ3v) is 4.41. The van der Waals surface area contributed by atoms with E-state index in [4.69, 9.17) is 0 Å². The van der Waals surface area contributed by atoms with Crippen molar-refractivity contribution in [1.82, 2.24) is 29.7 Å². The van der Waals surface area contributed by atoms with E-state index < -0.39 is 0 Å². The minimum absolute atomic E-state index is 0.0401. The van der Waals surface area contributed by atoms with E-state index in [1.54, 1.807) is 35.8 Å². The SMILES string of the molecule is Cn1ncc2c(N3CCC[C@@H](C(=O)Nc4cnccn4)C3)ncnc21. The molecule has 0 radical (unpaired) electrons. The molecule has 4 rings (SSSR count). The molecule has 9 heteroatoms. The number of amides is 1. The fraction of sp³-hybridized carbons (Fsp3) is 0.375. The van der Waals surface area contributed by atoms with Crippen LogP contribution in [0.2, 0.25) is 0 Å². The van der Waals surface area contributed by atoms with Gasteiger partial charge in [-0.15, -0.1) is 0 Å². The molecule has 0 spiro atoms. The first-order valence-corrected chi connectivity index (χ1v) is 8.17. The number of aromatic nitrogens is 6. The van der Waals surface area contributed by atoms with E-state index in [1.807, 2.05) is 7.05 Å². The molecule has 4 heterocycles. The van der Waals surface area contributed by atoms with Crippen LogP contribution in [0, 0.1) is 5.92 Å². The summed E-state index contributed by atoms with van der Waals surface area (Å²) >= 11 is 0. The summed E-state index contributed by atoms with van der Waals surface area (Å²) in [5.74, 6) is 1.13. The lowest BCUT2D eigenvalue weighted by molar-refractivity contribution is -0.120. The summed E-state index contributed by atoms with van der Waals surface area (Å²) in [7, 11) is 1.85. The largest absolute Gasteiger partial charge is 0.355 e. The topological polar surface area (TPSA) is 102 Å². The summed E-state index contributed by atoms with van der Waals surface area (Å²) in [5.41, 5.74) is 0.788. The number of hydrogen-bond donors (Lipinski definition) is 1. The highest BCUT2D eigenvalue weighted by atomic mass is 16.2. The molecule has 1 saturated heterocycles. The minimum Gasteiger partial charge on any atom is -0.355 e. The van der Waals surface area contributed by atoms with Crippen LogP contribution >= 0.6 is 0 Å². The second-order valence-electron chi connectivity index (χ2n) is 6.07. The van der Waals surface area contributed by atoms with Crippen LogP contribution in [0.4, 0.5) is 11.6 Å². The van der Waals surface area contributed by atoms with Crippen LogP contribution in [0.3, 0.4) is 0 Å². The maximum atomic E-state index is 12.6. The van der Waals surface area contributed by atoms with Crippen LogP contribution in [0.5, 0.6) is 0 Å². The van der Waals surface area contributed by atoms with Gasteiger partial charge in [0.2, 0.25) is 5.91 Å². The fourth-order valence-corrected chi connectivity index (χ4v) is 3.18. The molecule has 0 aliphatic carbocycles. The van der Waals surface area contributed by atoms with E-state index in [2.05, 4.69) is 35.3 Å². The lowest BCUT2D eigenvalue weighted by atomic mass is 9.97. The normalized spacial score (nSPS) is 17.6. The lowest BCUT2D eigenvalue weighted by Gasteiger charge is -2.32. The van der Waals surface area contributed by atoms with E-state index in [0.717, 1.165) is 36.2 Å². The van der Waals surface area contributed by atoms with Crippen molar-refractivity contribution in [2.24, 2.45) is 13.0 Å². The molecule has 0 bridgehead atoms. The Balaban J connectivity index is 1.53. The van der Waals surface area contributed by atoms with Gasteiger partial charge in [-0.25, -0.2) is 15.0 Å². The first-order chi connectivity index (χ1) is 12.2. The molecule has 3 aromatic rings. The van der Waals surface area contributed by atoms with E-state index >= 15 is 0 Å². The Morgan fingerprint density at radius 1 is 1.24 bits per heavy atom. The lowest BCUT2D eigenvalue weighted by Crippen LogP contribution is -2.41. The van der Waals surface area contributed by atoms with Crippen molar-refractivity contribution < 1.29 is 4.79 Å². The molecule has 1 aliphatic rings. The number of anilines is 2. The van der Waals surface area contributed by atoms with Crippen molar-refractivity contribution in [2.75, 3.05) is 23.3 Å². The predicted octanol–water partition coefficient (Wildman–Crippen LogP) is 1.01. The van der Waals surface area contributed by atoms with Gasteiger partial charge < -0.3 is 10.2 Å². The fourth-order valence-electron chi connectivity index (χ4n) is 3.18. The highest BCUT2D eigenvalue weighted by molar-refractivity contribution is 5.92. The van der Waals surface area contributed by atoms with Crippen LogP contribution in [0.1, 0.15) is 12.8 Å². The molecule has 1 N–H and O–H groups in total. The number of rotatable bonds is 3. The maximum absolute atomic E-state index is 12.6. The van der Waals surface area contributed by atoms with Gasteiger partial charge in [0.15, 0.2) is 11.5 Å². The number of hydrogen-bond acceptors (Lipinski definition) is 7. The van der Waals surface area contributed by atoms with Gasteiger partial charge in [-0.05, 0) is 12.8 Å². The number of fused-ring (bicyclic) bond motifs is 1. The van der Waals surface area contributed by atoms with Crippen LogP contribution < -0.4 is 10.2 Å². The Labute approximate surface area is 144 Å². The molecule has 25 heavy (non-hydrogen) atoms. The van der Waals surface area contributed by atoms with Crippen LogP contribution in [-0.2, 0) is 11.8 Å². The molecular formula is C16H18N8O. The number of nitrogens with zero attached hydrogens (tertiary/aromatic N) is 7. The highest BCUT2D eigenvalue weighted by Gasteiger charge is 2.28. The molecule has 9 nitrogen and oxygen atoms in total. The van der Waals surface area contributed by atoms with Crippen molar-refractivity contribution in [2.45, 2.75) is 12.8 Å². The van der Waals surface area contributed by atoms with Gasteiger partial charge in [-0.2, -0.15) is 5.10 Å². The highest BCUT2D eigenvalue weighted by Crippen LogP contribution is 2.27. The second-order valence-corrected chi connectivity index (χ2v) is 6.07. The first-order valence-electron chi connectivity index (χ1n) is 8.17. The Kier molecular flexibility index (Phi) is 3.96. The molecular weight excluding hydrogens is 320 g/mol. The van der Waals surface area contributed by atoms with Crippen LogP contribution in [0.25, 0.3) is 11.0 Å². The molecule has 1 aliphatic heterocycles. The molecule has 128 valence electrons. The zero-order chi connectivity index (χ0) is 17.2. The first kappa shape index (κ1) is 15.4. The maximum Gasteiger partial charge on any atom is 0.230 e. The summed E-state index contributed by atoms with van der Waals surface area (Å²) in [5, 5.41) is 7.99. The Morgan fingerprint density at radius 2 is 2.16 bits per heavy atom. The molecule has 1 atom stereocenters.